The summed E-state index contributed by atoms with van der Waals surface area (Å²) >= 11 is 0. The van der Waals surface area contributed by atoms with Crippen LogP contribution in [0.15, 0.2) is 54.6 Å². The van der Waals surface area contributed by atoms with E-state index in [4.69, 9.17) is 4.74 Å². The number of benzene rings is 2. The summed E-state index contributed by atoms with van der Waals surface area (Å²) in [6.07, 6.45) is 1.08. The molecule has 1 atom stereocenters. The fraction of sp³-hybridized carbons (Fsp3) is 0.200. The average molecular weight is 211 g/mol. The number of hydrogen-bond donors (Lipinski definition) is 0. The van der Waals surface area contributed by atoms with Crippen LogP contribution in [-0.2, 0) is 0 Å². The van der Waals surface area contributed by atoms with Gasteiger partial charge in [0, 0.05) is 0 Å². The summed E-state index contributed by atoms with van der Waals surface area (Å²) in [6, 6.07) is 20.9. The first kappa shape index (κ1) is 10.7. The van der Waals surface area contributed by atoms with Gasteiger partial charge in [-0.05, 0) is 30.2 Å². The summed E-state index contributed by atoms with van der Waals surface area (Å²) in [5.41, 5.74) is 1.20. The molecule has 0 aliphatic carbocycles. The number of rotatable bonds is 4. The molecule has 0 bridgehead atoms. The molecule has 1 unspecified atom stereocenters. The van der Waals surface area contributed by atoms with E-state index in [1.807, 2.05) is 42.5 Å². The van der Waals surface area contributed by atoms with Crippen LogP contribution in [0.1, 0.15) is 25.0 Å². The Balaban J connectivity index is 2.13. The minimum Gasteiger partial charge on any atom is -0.486 e. The van der Waals surface area contributed by atoms with E-state index in [2.05, 4.69) is 25.1 Å². The Morgan fingerprint density at radius 2 is 1.75 bits per heavy atom. The molecule has 2 rings (SSSR count). The summed E-state index contributed by atoms with van der Waals surface area (Å²) in [5.74, 6) is 0.919. The van der Waals surface area contributed by atoms with Crippen molar-refractivity contribution in [3.8, 4) is 5.75 Å². The van der Waals surface area contributed by atoms with Gasteiger partial charge in [-0.1, -0.05) is 49.4 Å². The van der Waals surface area contributed by atoms with Crippen LogP contribution >= 0.6 is 0 Å². The van der Waals surface area contributed by atoms with Crippen molar-refractivity contribution in [2.24, 2.45) is 0 Å². The molecule has 2 aromatic carbocycles. The minimum atomic E-state index is 0.122. The Bertz CT molecular complexity index is 408. The first-order valence-corrected chi connectivity index (χ1v) is 5.58. The topological polar surface area (TPSA) is 9.23 Å². The predicted octanol–water partition coefficient (Wildman–Crippen LogP) is 4.02. The second kappa shape index (κ2) is 5.36. The van der Waals surface area contributed by atoms with Crippen LogP contribution < -0.4 is 4.74 Å². The lowest BCUT2D eigenvalue weighted by molar-refractivity contribution is 0.201. The van der Waals surface area contributed by atoms with E-state index in [0.717, 1.165) is 12.2 Å². The van der Waals surface area contributed by atoms with Gasteiger partial charge in [-0.25, -0.2) is 0 Å². The van der Waals surface area contributed by atoms with Crippen LogP contribution in [0.25, 0.3) is 0 Å². The van der Waals surface area contributed by atoms with E-state index in [9.17, 15) is 0 Å². The molecule has 0 spiro atoms. The van der Waals surface area contributed by atoms with Crippen molar-refractivity contribution < 1.29 is 4.74 Å². The normalized spacial score (nSPS) is 12.1. The molecule has 1 heteroatoms. The average Bonchev–Trinajstić information content (AvgIpc) is 2.38. The van der Waals surface area contributed by atoms with Crippen molar-refractivity contribution in [3.63, 3.8) is 0 Å². The Labute approximate surface area is 96.7 Å². The molecule has 0 aliphatic heterocycles. The second-order valence-corrected chi connectivity index (χ2v) is 3.66. The molecule has 0 saturated carbocycles. The van der Waals surface area contributed by atoms with Crippen molar-refractivity contribution in [3.05, 3.63) is 66.2 Å². The summed E-state index contributed by atoms with van der Waals surface area (Å²) < 4.78 is 5.94. The van der Waals surface area contributed by atoms with E-state index in [0.29, 0.717) is 0 Å². The summed E-state index contributed by atoms with van der Waals surface area (Å²) in [7, 11) is 0. The molecule has 0 aromatic heterocycles. The molecule has 0 heterocycles. The largest absolute Gasteiger partial charge is 0.486 e. The third-order valence-electron chi connectivity index (χ3n) is 2.51. The third-order valence-corrected chi connectivity index (χ3v) is 2.51. The lowest BCUT2D eigenvalue weighted by Gasteiger charge is -2.17. The van der Waals surface area contributed by atoms with Gasteiger partial charge in [-0.15, -0.1) is 0 Å². The lowest BCUT2D eigenvalue weighted by Crippen LogP contribution is -2.05. The molecule has 0 N–H and O–H groups in total. The number of para-hydroxylation sites is 1. The fourth-order valence-corrected chi connectivity index (χ4v) is 1.66. The molecule has 1 nitrogen and oxygen atoms in total. The van der Waals surface area contributed by atoms with Crippen LogP contribution in [0.4, 0.5) is 0 Å². The predicted molar refractivity (Wildman–Crippen MR) is 65.4 cm³/mol. The standard InChI is InChI=1S/C15H15O/c1-2-15(13-9-5-3-6-10-13)16-14-11-7-4-8-12-14/h4-12,15H,2H2,1H3. The van der Waals surface area contributed by atoms with Crippen molar-refractivity contribution in [1.82, 2.24) is 0 Å². The fourth-order valence-electron chi connectivity index (χ4n) is 1.66. The number of hydrogen-bond acceptors (Lipinski definition) is 1. The molecule has 81 valence electrons. The van der Waals surface area contributed by atoms with Gasteiger partial charge in [0.25, 0.3) is 0 Å². The van der Waals surface area contributed by atoms with Gasteiger partial charge >= 0.3 is 0 Å². The van der Waals surface area contributed by atoms with Gasteiger partial charge in [-0.2, -0.15) is 0 Å². The quantitative estimate of drug-likeness (QED) is 0.742. The van der Waals surface area contributed by atoms with Crippen LogP contribution in [0.3, 0.4) is 0 Å². The highest BCUT2D eigenvalue weighted by Crippen LogP contribution is 2.23. The summed E-state index contributed by atoms with van der Waals surface area (Å²) in [6.45, 7) is 2.13. The zero-order chi connectivity index (χ0) is 11.2. The van der Waals surface area contributed by atoms with E-state index >= 15 is 0 Å². The van der Waals surface area contributed by atoms with Gasteiger partial charge in [-0.3, -0.25) is 0 Å². The minimum absolute atomic E-state index is 0.122. The molecule has 0 aliphatic rings. The van der Waals surface area contributed by atoms with Crippen molar-refractivity contribution in [1.29, 1.82) is 0 Å². The highest BCUT2D eigenvalue weighted by Gasteiger charge is 2.09. The SMILES string of the molecule is CCC(Oc1ccccc1)c1cc[c]cc1. The Morgan fingerprint density at radius 3 is 2.38 bits per heavy atom. The van der Waals surface area contributed by atoms with Crippen molar-refractivity contribution in [2.75, 3.05) is 0 Å². The first-order chi connectivity index (χ1) is 7.90. The molecule has 0 saturated heterocycles. The van der Waals surface area contributed by atoms with Crippen LogP contribution in [-0.4, -0.2) is 0 Å². The van der Waals surface area contributed by atoms with E-state index < -0.39 is 0 Å². The third kappa shape index (κ3) is 2.63. The molecular weight excluding hydrogens is 196 g/mol. The molecule has 16 heavy (non-hydrogen) atoms. The monoisotopic (exact) mass is 211 g/mol. The summed E-state index contributed by atoms with van der Waals surface area (Å²) in [4.78, 5) is 0. The highest BCUT2D eigenvalue weighted by molar-refractivity contribution is 5.24. The first-order valence-electron chi connectivity index (χ1n) is 5.58. The van der Waals surface area contributed by atoms with Gasteiger partial charge in [0.15, 0.2) is 0 Å². The lowest BCUT2D eigenvalue weighted by atomic mass is 10.1. The van der Waals surface area contributed by atoms with Gasteiger partial charge in [0.2, 0.25) is 0 Å². The maximum atomic E-state index is 5.94. The van der Waals surface area contributed by atoms with Crippen LogP contribution in [0.5, 0.6) is 5.75 Å². The van der Waals surface area contributed by atoms with Gasteiger partial charge < -0.3 is 4.74 Å². The summed E-state index contributed by atoms with van der Waals surface area (Å²) in [5, 5.41) is 0. The zero-order valence-electron chi connectivity index (χ0n) is 9.39. The van der Waals surface area contributed by atoms with Crippen LogP contribution in [0, 0.1) is 6.07 Å². The maximum Gasteiger partial charge on any atom is 0.123 e. The molecule has 0 fully saturated rings. The van der Waals surface area contributed by atoms with Crippen molar-refractivity contribution >= 4 is 0 Å². The van der Waals surface area contributed by atoms with Gasteiger partial charge in [0.1, 0.15) is 11.9 Å². The van der Waals surface area contributed by atoms with Crippen LogP contribution in [0.2, 0.25) is 0 Å². The highest BCUT2D eigenvalue weighted by atomic mass is 16.5. The molecule has 2 aromatic rings. The Kier molecular flexibility index (Phi) is 3.60. The van der Waals surface area contributed by atoms with E-state index in [1.165, 1.54) is 5.56 Å². The number of ether oxygens (including phenoxy) is 1. The zero-order valence-corrected chi connectivity index (χ0v) is 9.39. The molecule has 1 radical (unpaired) electrons. The van der Waals surface area contributed by atoms with E-state index in [1.54, 1.807) is 0 Å². The Hall–Kier alpha value is -1.76. The van der Waals surface area contributed by atoms with Crippen molar-refractivity contribution in [2.45, 2.75) is 19.4 Å². The second-order valence-electron chi connectivity index (χ2n) is 3.66. The molecule has 0 amide bonds. The van der Waals surface area contributed by atoms with Gasteiger partial charge in [0.05, 0.1) is 0 Å². The molecular formula is C15H15O. The van der Waals surface area contributed by atoms with E-state index in [-0.39, 0.29) is 6.10 Å². The Morgan fingerprint density at radius 1 is 1.06 bits per heavy atom. The maximum absolute atomic E-state index is 5.94. The smallest absolute Gasteiger partial charge is 0.123 e.